The molecule has 0 saturated heterocycles. The summed E-state index contributed by atoms with van der Waals surface area (Å²) in [5, 5.41) is 0. The van der Waals surface area contributed by atoms with Crippen molar-refractivity contribution in [2.75, 3.05) is 6.26 Å². The first-order valence-electron chi connectivity index (χ1n) is 2.21. The molecule has 4 nitrogen and oxygen atoms in total. The first-order valence-corrected chi connectivity index (χ1v) is 5.43. The summed E-state index contributed by atoms with van der Waals surface area (Å²) in [5.74, 6) is -1.01. The Balaban J connectivity index is 4.70. The Morgan fingerprint density at radius 2 is 2.00 bits per heavy atom. The molecule has 0 heterocycles. The summed E-state index contributed by atoms with van der Waals surface area (Å²) in [4.78, 5) is 9.68. The zero-order valence-corrected chi connectivity index (χ0v) is 6.96. The number of hydrogen-bond acceptors (Lipinski definition) is 4. The van der Waals surface area contributed by atoms with Gasteiger partial charge in [-0.25, -0.2) is 8.42 Å². The summed E-state index contributed by atoms with van der Waals surface area (Å²) in [5.41, 5.74) is 4.67. The highest BCUT2D eigenvalue weighted by Gasteiger charge is 2.18. The highest BCUT2D eigenvalue weighted by molar-refractivity contribution is 8.73. The van der Waals surface area contributed by atoms with Gasteiger partial charge >= 0.3 is 0 Å². The maximum absolute atomic E-state index is 10.7. The molecule has 2 N–H and O–H groups in total. The molecule has 6 heteroatoms. The lowest BCUT2D eigenvalue weighted by molar-refractivity contribution is -0.113. The Morgan fingerprint density at radius 3 is 2.10 bits per heavy atom. The van der Waals surface area contributed by atoms with Crippen LogP contribution in [0.5, 0.6) is 0 Å². The second kappa shape index (κ2) is 3.07. The third kappa shape index (κ3) is 2.03. The van der Waals surface area contributed by atoms with Crippen LogP contribution in [-0.2, 0) is 13.7 Å². The summed E-state index contributed by atoms with van der Waals surface area (Å²) in [6.45, 7) is 3.01. The Bertz CT molecular complexity index is 254. The summed E-state index contributed by atoms with van der Waals surface area (Å²) in [7, 11) is -3.01. The van der Waals surface area contributed by atoms with E-state index in [1.165, 1.54) is 6.26 Å². The van der Waals surface area contributed by atoms with E-state index in [4.69, 9.17) is 0 Å². The molecule has 0 aromatic carbocycles. The lowest BCUT2D eigenvalue weighted by Gasteiger charge is -1.97. The molecule has 0 radical (unpaired) electrons. The molecule has 0 fully saturated rings. The summed E-state index contributed by atoms with van der Waals surface area (Å²) >= 11 is 0. The van der Waals surface area contributed by atoms with Gasteiger partial charge in [-0.05, 0) is 17.0 Å². The van der Waals surface area contributed by atoms with Crippen LogP contribution in [0.2, 0.25) is 0 Å². The number of nitrogens with two attached hydrogens (primary N) is 1. The molecular formula is C4H7NO3S2. The monoisotopic (exact) mass is 181 g/mol. The van der Waals surface area contributed by atoms with Crippen molar-refractivity contribution in [1.82, 2.24) is 0 Å². The van der Waals surface area contributed by atoms with Crippen LogP contribution in [0.1, 0.15) is 0 Å². The molecule has 0 saturated carbocycles. The van der Waals surface area contributed by atoms with Gasteiger partial charge in [-0.15, -0.1) is 0 Å². The number of primary amides is 1. The molecule has 0 aliphatic carbocycles. The predicted octanol–water partition coefficient (Wildman–Crippen LogP) is -0.322. The molecule has 0 unspecified atom stereocenters. The average Bonchev–Trinajstić information content (AvgIpc) is 1.86. The average molecular weight is 181 g/mol. The Hall–Kier alpha value is -0.490. The van der Waals surface area contributed by atoms with Crippen LogP contribution in [0, 0.1) is 0 Å². The van der Waals surface area contributed by atoms with Crippen molar-refractivity contribution in [3.05, 3.63) is 11.5 Å². The van der Waals surface area contributed by atoms with Crippen LogP contribution in [-0.4, -0.2) is 20.6 Å². The van der Waals surface area contributed by atoms with Crippen molar-refractivity contribution in [3.8, 4) is 0 Å². The fraction of sp³-hybridized carbons (Fsp3) is 0.250. The third-order valence-electron chi connectivity index (χ3n) is 0.796. The second-order valence-electron chi connectivity index (χ2n) is 1.41. The Kier molecular flexibility index (Phi) is 2.92. The molecule has 10 heavy (non-hydrogen) atoms. The van der Waals surface area contributed by atoms with E-state index in [0.29, 0.717) is 10.8 Å². The van der Waals surface area contributed by atoms with E-state index >= 15 is 0 Å². The van der Waals surface area contributed by atoms with Crippen LogP contribution in [0.3, 0.4) is 0 Å². The zero-order valence-electron chi connectivity index (χ0n) is 5.33. The van der Waals surface area contributed by atoms with Gasteiger partial charge in [0.1, 0.15) is 4.91 Å². The molecule has 0 rings (SSSR count). The normalized spacial score (nSPS) is 10.9. The smallest absolute Gasteiger partial charge is 0.260 e. The van der Waals surface area contributed by atoms with Gasteiger partial charge in [-0.1, -0.05) is 6.58 Å². The summed E-state index contributed by atoms with van der Waals surface area (Å²) in [6, 6.07) is 0. The molecular weight excluding hydrogens is 174 g/mol. The number of carbonyl (C=O) groups excluding carboxylic acids is 1. The van der Waals surface area contributed by atoms with Gasteiger partial charge < -0.3 is 5.73 Å². The van der Waals surface area contributed by atoms with Gasteiger partial charge in [0.05, 0.1) is 0 Å². The van der Waals surface area contributed by atoms with Gasteiger partial charge in [0.25, 0.3) is 5.91 Å². The number of amides is 1. The molecule has 1 amide bonds. The Labute approximate surface area is 62.8 Å². The van der Waals surface area contributed by atoms with Crippen molar-refractivity contribution in [1.29, 1.82) is 0 Å². The van der Waals surface area contributed by atoms with E-state index in [-0.39, 0.29) is 0 Å². The SMILES string of the molecule is C=C(C(N)=O)S(=O)(=O)SC. The van der Waals surface area contributed by atoms with Gasteiger partial charge in [-0.3, -0.25) is 4.79 Å². The standard InChI is InChI=1S/C4H7NO3S2/c1-3(4(5)6)10(7,8)9-2/h1H2,2H3,(H2,5,6). The quantitative estimate of drug-likeness (QED) is 0.478. The molecule has 0 aliphatic rings. The van der Waals surface area contributed by atoms with Crippen molar-refractivity contribution in [2.24, 2.45) is 5.73 Å². The molecule has 58 valence electrons. The minimum Gasteiger partial charge on any atom is -0.365 e. The van der Waals surface area contributed by atoms with E-state index in [2.05, 4.69) is 12.3 Å². The van der Waals surface area contributed by atoms with Gasteiger partial charge in [0.15, 0.2) is 0 Å². The van der Waals surface area contributed by atoms with Crippen LogP contribution < -0.4 is 5.73 Å². The fourth-order valence-electron chi connectivity index (χ4n) is 0.224. The fourth-order valence-corrected chi connectivity index (χ4v) is 1.52. The number of hydrogen-bond donors (Lipinski definition) is 1. The van der Waals surface area contributed by atoms with Crippen molar-refractivity contribution in [2.45, 2.75) is 0 Å². The van der Waals surface area contributed by atoms with Gasteiger partial charge in [-0.2, -0.15) is 0 Å². The van der Waals surface area contributed by atoms with Crippen LogP contribution in [0.15, 0.2) is 11.5 Å². The number of rotatable bonds is 3. The topological polar surface area (TPSA) is 77.2 Å². The first kappa shape index (κ1) is 9.51. The minimum atomic E-state index is -3.55. The van der Waals surface area contributed by atoms with Crippen molar-refractivity contribution in [3.63, 3.8) is 0 Å². The predicted molar refractivity (Wildman–Crippen MR) is 40.8 cm³/mol. The zero-order chi connectivity index (χ0) is 8.36. The molecule has 0 aromatic rings. The van der Waals surface area contributed by atoms with E-state index < -0.39 is 19.7 Å². The van der Waals surface area contributed by atoms with Crippen molar-refractivity contribution >= 4 is 25.6 Å². The molecule has 0 aromatic heterocycles. The van der Waals surface area contributed by atoms with Crippen LogP contribution >= 0.6 is 10.8 Å². The summed E-state index contributed by atoms with van der Waals surface area (Å²) < 4.78 is 21.4. The largest absolute Gasteiger partial charge is 0.365 e. The van der Waals surface area contributed by atoms with Gasteiger partial charge in [0.2, 0.25) is 8.87 Å². The maximum Gasteiger partial charge on any atom is 0.260 e. The highest BCUT2D eigenvalue weighted by atomic mass is 33.1. The van der Waals surface area contributed by atoms with E-state index in [1.807, 2.05) is 0 Å². The lowest BCUT2D eigenvalue weighted by Crippen LogP contribution is -2.17. The highest BCUT2D eigenvalue weighted by Crippen LogP contribution is 2.15. The molecule has 0 atom stereocenters. The van der Waals surface area contributed by atoms with E-state index in [0.717, 1.165) is 0 Å². The van der Waals surface area contributed by atoms with E-state index in [1.54, 1.807) is 0 Å². The Morgan fingerprint density at radius 1 is 1.60 bits per heavy atom. The minimum absolute atomic E-state index is 0.535. The van der Waals surface area contributed by atoms with Crippen LogP contribution in [0.4, 0.5) is 0 Å². The van der Waals surface area contributed by atoms with Gasteiger partial charge in [0, 0.05) is 0 Å². The number of carbonyl (C=O) groups is 1. The summed E-state index contributed by atoms with van der Waals surface area (Å²) in [6.07, 6.45) is 1.34. The lowest BCUT2D eigenvalue weighted by atomic mass is 10.6. The van der Waals surface area contributed by atoms with E-state index in [9.17, 15) is 13.2 Å². The second-order valence-corrected chi connectivity index (χ2v) is 5.46. The molecule has 0 spiro atoms. The molecule has 0 bridgehead atoms. The van der Waals surface area contributed by atoms with Crippen molar-refractivity contribution < 1.29 is 13.2 Å². The third-order valence-corrected chi connectivity index (χ3v) is 3.96. The molecule has 0 aliphatic heterocycles. The maximum atomic E-state index is 10.7. The first-order chi connectivity index (χ1) is 4.41. The van der Waals surface area contributed by atoms with Crippen LogP contribution in [0.25, 0.3) is 0 Å².